The van der Waals surface area contributed by atoms with Gasteiger partial charge in [0.25, 0.3) is 0 Å². The smallest absolute Gasteiger partial charge is 0.133 e. The predicted molar refractivity (Wildman–Crippen MR) is 83.0 cm³/mol. The number of piperidine rings is 1. The van der Waals surface area contributed by atoms with Gasteiger partial charge in [-0.1, -0.05) is 13.0 Å². The van der Waals surface area contributed by atoms with Crippen molar-refractivity contribution in [3.63, 3.8) is 0 Å². The second-order valence-electron chi connectivity index (χ2n) is 5.84. The molecule has 0 spiro atoms. The lowest BCUT2D eigenvalue weighted by molar-refractivity contribution is 0.199. The highest BCUT2D eigenvalue weighted by Gasteiger charge is 2.25. The SMILES string of the molecule is COCCNCc1cccnc1N1CC(C)CCC1C. The summed E-state index contributed by atoms with van der Waals surface area (Å²) >= 11 is 0. The number of hydrogen-bond donors (Lipinski definition) is 1. The summed E-state index contributed by atoms with van der Waals surface area (Å²) in [5, 5.41) is 3.42. The molecule has 0 aliphatic carbocycles. The summed E-state index contributed by atoms with van der Waals surface area (Å²) in [7, 11) is 1.73. The molecule has 0 amide bonds. The second kappa shape index (κ2) is 7.60. The third kappa shape index (κ3) is 3.93. The van der Waals surface area contributed by atoms with Gasteiger partial charge in [-0.15, -0.1) is 0 Å². The van der Waals surface area contributed by atoms with Gasteiger partial charge in [-0.25, -0.2) is 4.98 Å². The lowest BCUT2D eigenvalue weighted by Crippen LogP contribution is -2.42. The molecule has 0 aromatic carbocycles. The molecule has 0 radical (unpaired) electrons. The van der Waals surface area contributed by atoms with E-state index in [4.69, 9.17) is 4.74 Å². The summed E-state index contributed by atoms with van der Waals surface area (Å²) in [5.74, 6) is 1.90. The molecule has 2 atom stereocenters. The van der Waals surface area contributed by atoms with Crippen LogP contribution in [0.25, 0.3) is 0 Å². The van der Waals surface area contributed by atoms with E-state index in [1.165, 1.54) is 18.4 Å². The van der Waals surface area contributed by atoms with Crippen LogP contribution < -0.4 is 10.2 Å². The minimum Gasteiger partial charge on any atom is -0.383 e. The van der Waals surface area contributed by atoms with E-state index in [1.807, 2.05) is 12.3 Å². The van der Waals surface area contributed by atoms with E-state index in [0.717, 1.165) is 38.0 Å². The molecule has 4 heteroatoms. The molecule has 2 heterocycles. The molecule has 112 valence electrons. The lowest BCUT2D eigenvalue weighted by atomic mass is 9.94. The van der Waals surface area contributed by atoms with Crippen LogP contribution in [0.3, 0.4) is 0 Å². The summed E-state index contributed by atoms with van der Waals surface area (Å²) in [6.07, 6.45) is 4.49. The Morgan fingerprint density at radius 2 is 2.25 bits per heavy atom. The second-order valence-corrected chi connectivity index (χ2v) is 5.84. The van der Waals surface area contributed by atoms with Crippen LogP contribution >= 0.6 is 0 Å². The van der Waals surface area contributed by atoms with Crippen molar-refractivity contribution in [2.45, 2.75) is 39.3 Å². The molecule has 1 fully saturated rings. The van der Waals surface area contributed by atoms with Crippen molar-refractivity contribution in [2.24, 2.45) is 5.92 Å². The fraction of sp³-hybridized carbons (Fsp3) is 0.688. The molecule has 0 bridgehead atoms. The van der Waals surface area contributed by atoms with E-state index >= 15 is 0 Å². The molecule has 2 unspecified atom stereocenters. The number of nitrogens with one attached hydrogen (secondary N) is 1. The third-order valence-corrected chi connectivity index (χ3v) is 4.06. The Labute approximate surface area is 122 Å². The Morgan fingerprint density at radius 1 is 1.40 bits per heavy atom. The normalized spacial score (nSPS) is 23.1. The first-order chi connectivity index (χ1) is 9.72. The number of pyridine rings is 1. The van der Waals surface area contributed by atoms with Crippen molar-refractivity contribution < 1.29 is 4.74 Å². The molecule has 1 aromatic heterocycles. The average Bonchev–Trinajstić information content (AvgIpc) is 2.47. The topological polar surface area (TPSA) is 37.4 Å². The van der Waals surface area contributed by atoms with Gasteiger partial charge in [0.15, 0.2) is 0 Å². The number of rotatable bonds is 6. The highest BCUT2D eigenvalue weighted by molar-refractivity contribution is 5.48. The molecular weight excluding hydrogens is 250 g/mol. The van der Waals surface area contributed by atoms with Gasteiger partial charge in [-0.05, 0) is 31.7 Å². The first-order valence-corrected chi connectivity index (χ1v) is 7.62. The van der Waals surface area contributed by atoms with Crippen LogP contribution in [0, 0.1) is 5.92 Å². The molecule has 1 aliphatic heterocycles. The van der Waals surface area contributed by atoms with Gasteiger partial charge in [0.05, 0.1) is 6.61 Å². The predicted octanol–water partition coefficient (Wildman–Crippen LogP) is 2.44. The van der Waals surface area contributed by atoms with E-state index in [2.05, 4.69) is 35.1 Å². The van der Waals surface area contributed by atoms with Crippen LogP contribution in [-0.2, 0) is 11.3 Å². The van der Waals surface area contributed by atoms with Crippen LogP contribution in [0.5, 0.6) is 0 Å². The number of anilines is 1. The molecule has 20 heavy (non-hydrogen) atoms. The van der Waals surface area contributed by atoms with Crippen LogP contribution in [0.4, 0.5) is 5.82 Å². The van der Waals surface area contributed by atoms with Crippen LogP contribution in [0.15, 0.2) is 18.3 Å². The van der Waals surface area contributed by atoms with Gasteiger partial charge in [0.2, 0.25) is 0 Å². The number of hydrogen-bond acceptors (Lipinski definition) is 4. The summed E-state index contributed by atoms with van der Waals surface area (Å²) in [5.41, 5.74) is 1.28. The number of aromatic nitrogens is 1. The highest BCUT2D eigenvalue weighted by Crippen LogP contribution is 2.28. The molecule has 1 aliphatic rings. The van der Waals surface area contributed by atoms with Crippen LogP contribution in [0.2, 0.25) is 0 Å². The van der Waals surface area contributed by atoms with E-state index < -0.39 is 0 Å². The monoisotopic (exact) mass is 277 g/mol. The maximum absolute atomic E-state index is 5.07. The minimum absolute atomic E-state index is 0.582. The Morgan fingerprint density at radius 3 is 3.05 bits per heavy atom. The maximum atomic E-state index is 5.07. The molecule has 1 saturated heterocycles. The fourth-order valence-electron chi connectivity index (χ4n) is 2.81. The Bertz CT molecular complexity index is 410. The highest BCUT2D eigenvalue weighted by atomic mass is 16.5. The molecule has 0 saturated carbocycles. The van der Waals surface area contributed by atoms with E-state index in [-0.39, 0.29) is 0 Å². The van der Waals surface area contributed by atoms with Gasteiger partial charge in [-0.3, -0.25) is 0 Å². The lowest BCUT2D eigenvalue weighted by Gasteiger charge is -2.38. The quantitative estimate of drug-likeness (QED) is 0.811. The van der Waals surface area contributed by atoms with Gasteiger partial charge in [0, 0.05) is 44.5 Å². The fourth-order valence-corrected chi connectivity index (χ4v) is 2.81. The zero-order valence-corrected chi connectivity index (χ0v) is 12.9. The Kier molecular flexibility index (Phi) is 5.80. The van der Waals surface area contributed by atoms with Gasteiger partial charge in [0.1, 0.15) is 5.82 Å². The number of methoxy groups -OCH3 is 1. The van der Waals surface area contributed by atoms with Crippen LogP contribution in [-0.4, -0.2) is 37.8 Å². The van der Waals surface area contributed by atoms with Crippen molar-refractivity contribution in [3.8, 4) is 0 Å². The van der Waals surface area contributed by atoms with Gasteiger partial charge < -0.3 is 15.0 Å². The first-order valence-electron chi connectivity index (χ1n) is 7.62. The summed E-state index contributed by atoms with van der Waals surface area (Å²) < 4.78 is 5.07. The molecule has 1 aromatic rings. The largest absolute Gasteiger partial charge is 0.383 e. The average molecular weight is 277 g/mol. The number of nitrogens with zero attached hydrogens (tertiary/aromatic N) is 2. The van der Waals surface area contributed by atoms with Crippen LogP contribution in [0.1, 0.15) is 32.3 Å². The summed E-state index contributed by atoms with van der Waals surface area (Å²) in [4.78, 5) is 7.11. The van der Waals surface area contributed by atoms with Crippen molar-refractivity contribution in [1.82, 2.24) is 10.3 Å². The zero-order chi connectivity index (χ0) is 14.4. The summed E-state index contributed by atoms with van der Waals surface area (Å²) in [6.45, 7) is 8.22. The Hall–Kier alpha value is -1.13. The van der Waals surface area contributed by atoms with Gasteiger partial charge >= 0.3 is 0 Å². The first kappa shape index (κ1) is 15.3. The van der Waals surface area contributed by atoms with E-state index in [9.17, 15) is 0 Å². The van der Waals surface area contributed by atoms with Crippen molar-refractivity contribution in [2.75, 3.05) is 31.7 Å². The molecule has 2 rings (SSSR count). The minimum atomic E-state index is 0.582. The maximum Gasteiger partial charge on any atom is 0.133 e. The van der Waals surface area contributed by atoms with Crippen molar-refractivity contribution in [3.05, 3.63) is 23.9 Å². The van der Waals surface area contributed by atoms with Gasteiger partial charge in [-0.2, -0.15) is 0 Å². The molecule has 4 nitrogen and oxygen atoms in total. The van der Waals surface area contributed by atoms with E-state index in [1.54, 1.807) is 7.11 Å². The summed E-state index contributed by atoms with van der Waals surface area (Å²) in [6, 6.07) is 4.78. The molecular formula is C16H27N3O. The zero-order valence-electron chi connectivity index (χ0n) is 12.9. The standard InChI is InChI=1S/C16H27N3O/c1-13-6-7-14(2)19(12-13)16-15(5-4-8-18-16)11-17-9-10-20-3/h4-5,8,13-14,17H,6-7,9-12H2,1-3H3. The van der Waals surface area contributed by atoms with E-state index in [0.29, 0.717) is 6.04 Å². The van der Waals surface area contributed by atoms with Crippen molar-refractivity contribution >= 4 is 5.82 Å². The molecule has 1 N–H and O–H groups in total. The third-order valence-electron chi connectivity index (χ3n) is 4.06. The Balaban J connectivity index is 2.06. The van der Waals surface area contributed by atoms with Crippen molar-refractivity contribution in [1.29, 1.82) is 0 Å². The number of ether oxygens (including phenoxy) is 1.